The van der Waals surface area contributed by atoms with Crippen molar-refractivity contribution in [2.75, 3.05) is 19.7 Å². The lowest BCUT2D eigenvalue weighted by molar-refractivity contribution is -0.128. The summed E-state index contributed by atoms with van der Waals surface area (Å²) >= 11 is 0. The van der Waals surface area contributed by atoms with Crippen molar-refractivity contribution in [1.29, 1.82) is 5.26 Å². The second kappa shape index (κ2) is 7.34. The molecule has 1 aliphatic rings. The van der Waals surface area contributed by atoms with Crippen LogP contribution in [0, 0.1) is 11.3 Å². The summed E-state index contributed by atoms with van der Waals surface area (Å²) in [4.78, 5) is 14.1. The van der Waals surface area contributed by atoms with E-state index in [0.717, 1.165) is 12.8 Å². The molecule has 3 unspecified atom stereocenters. The minimum Gasteiger partial charge on any atom is -0.361 e. The van der Waals surface area contributed by atoms with Crippen LogP contribution < -0.4 is 5.32 Å². The van der Waals surface area contributed by atoms with Gasteiger partial charge >= 0.3 is 0 Å². The molecule has 5 nitrogen and oxygen atoms in total. The first-order valence-electron chi connectivity index (χ1n) is 6.64. The fourth-order valence-corrected chi connectivity index (χ4v) is 2.13. The van der Waals surface area contributed by atoms with E-state index in [9.17, 15) is 4.79 Å². The minimum absolute atomic E-state index is 0.0366. The van der Waals surface area contributed by atoms with E-state index in [1.807, 2.05) is 18.7 Å². The number of nitrogens with zero attached hydrogens (tertiary/aromatic N) is 2. The van der Waals surface area contributed by atoms with E-state index in [2.05, 4.69) is 18.3 Å². The number of hydrogen-bond donors (Lipinski definition) is 1. The molecule has 1 saturated heterocycles. The van der Waals surface area contributed by atoms with E-state index in [1.54, 1.807) is 0 Å². The lowest BCUT2D eigenvalue weighted by Gasteiger charge is -2.34. The first-order chi connectivity index (χ1) is 8.58. The molecule has 1 fully saturated rings. The van der Waals surface area contributed by atoms with Crippen LogP contribution in [0.15, 0.2) is 0 Å². The maximum atomic E-state index is 12.0. The van der Waals surface area contributed by atoms with Crippen molar-refractivity contribution in [3.05, 3.63) is 0 Å². The zero-order chi connectivity index (χ0) is 13.5. The Bertz CT molecular complexity index is 314. The monoisotopic (exact) mass is 253 g/mol. The highest BCUT2D eigenvalue weighted by molar-refractivity contribution is 5.81. The SMILES string of the molecule is CCCC(C)NC(=O)C(C)N1CCOC(C#N)C1. The van der Waals surface area contributed by atoms with Gasteiger partial charge in [0.2, 0.25) is 5.91 Å². The molecule has 3 atom stereocenters. The van der Waals surface area contributed by atoms with E-state index in [-0.39, 0.29) is 18.0 Å². The van der Waals surface area contributed by atoms with Crippen molar-refractivity contribution in [2.45, 2.75) is 51.8 Å². The summed E-state index contributed by atoms with van der Waals surface area (Å²) in [6.45, 7) is 7.73. The zero-order valence-electron chi connectivity index (χ0n) is 11.5. The smallest absolute Gasteiger partial charge is 0.237 e. The van der Waals surface area contributed by atoms with E-state index in [1.165, 1.54) is 0 Å². The molecular weight excluding hydrogens is 230 g/mol. The fourth-order valence-electron chi connectivity index (χ4n) is 2.13. The highest BCUT2D eigenvalue weighted by Gasteiger charge is 2.28. The molecule has 1 N–H and O–H groups in total. The summed E-state index contributed by atoms with van der Waals surface area (Å²) in [6, 6.07) is 2.09. The molecule has 0 aliphatic carbocycles. The Balaban J connectivity index is 2.45. The second-order valence-electron chi connectivity index (χ2n) is 4.86. The van der Waals surface area contributed by atoms with E-state index < -0.39 is 6.10 Å². The van der Waals surface area contributed by atoms with Crippen LogP contribution in [-0.2, 0) is 9.53 Å². The first-order valence-corrected chi connectivity index (χ1v) is 6.64. The predicted octanol–water partition coefficient (Wildman–Crippen LogP) is 0.904. The van der Waals surface area contributed by atoms with Crippen molar-refractivity contribution in [2.24, 2.45) is 0 Å². The van der Waals surface area contributed by atoms with Gasteiger partial charge in [-0.25, -0.2) is 0 Å². The third kappa shape index (κ3) is 4.28. The van der Waals surface area contributed by atoms with Crippen LogP contribution in [0.1, 0.15) is 33.6 Å². The van der Waals surface area contributed by atoms with Gasteiger partial charge in [0.1, 0.15) is 0 Å². The Hall–Kier alpha value is -1.12. The molecule has 5 heteroatoms. The van der Waals surface area contributed by atoms with Crippen molar-refractivity contribution < 1.29 is 9.53 Å². The van der Waals surface area contributed by atoms with Crippen molar-refractivity contribution in [3.63, 3.8) is 0 Å². The van der Waals surface area contributed by atoms with Crippen LogP contribution in [0.2, 0.25) is 0 Å². The Morgan fingerprint density at radius 2 is 2.33 bits per heavy atom. The summed E-state index contributed by atoms with van der Waals surface area (Å²) < 4.78 is 5.27. The second-order valence-corrected chi connectivity index (χ2v) is 4.86. The Labute approximate surface area is 109 Å². The lowest BCUT2D eigenvalue weighted by atomic mass is 10.1. The number of carbonyl (C=O) groups excluding carboxylic acids is 1. The van der Waals surface area contributed by atoms with Gasteiger partial charge in [0.15, 0.2) is 6.10 Å². The first kappa shape index (κ1) is 14.9. The van der Waals surface area contributed by atoms with Crippen molar-refractivity contribution in [1.82, 2.24) is 10.2 Å². The van der Waals surface area contributed by atoms with Crippen LogP contribution >= 0.6 is 0 Å². The van der Waals surface area contributed by atoms with Gasteiger partial charge in [-0.15, -0.1) is 0 Å². The largest absolute Gasteiger partial charge is 0.361 e. The molecular formula is C13H23N3O2. The van der Waals surface area contributed by atoms with Gasteiger partial charge in [-0.2, -0.15) is 5.26 Å². The number of amides is 1. The molecule has 0 aromatic heterocycles. The molecule has 0 radical (unpaired) electrons. The fraction of sp³-hybridized carbons (Fsp3) is 0.846. The van der Waals surface area contributed by atoms with Crippen molar-refractivity contribution in [3.8, 4) is 6.07 Å². The Morgan fingerprint density at radius 3 is 2.94 bits per heavy atom. The number of morpholine rings is 1. The maximum absolute atomic E-state index is 12.0. The Kier molecular flexibility index (Phi) is 6.10. The standard InChI is InChI=1S/C13H23N3O2/c1-4-5-10(2)15-13(17)11(3)16-6-7-18-12(8-14)9-16/h10-12H,4-7,9H2,1-3H3,(H,15,17). The van der Waals surface area contributed by atoms with Gasteiger partial charge in [-0.05, 0) is 20.3 Å². The summed E-state index contributed by atoms with van der Waals surface area (Å²) in [5, 5.41) is 11.8. The molecule has 0 aromatic rings. The highest BCUT2D eigenvalue weighted by Crippen LogP contribution is 2.09. The highest BCUT2D eigenvalue weighted by atomic mass is 16.5. The zero-order valence-corrected chi connectivity index (χ0v) is 11.5. The molecule has 0 aromatic carbocycles. The van der Waals surface area contributed by atoms with Crippen LogP contribution in [0.4, 0.5) is 0 Å². The van der Waals surface area contributed by atoms with Gasteiger partial charge in [0, 0.05) is 19.1 Å². The average molecular weight is 253 g/mol. The predicted molar refractivity (Wildman–Crippen MR) is 68.9 cm³/mol. The molecule has 1 rings (SSSR count). The van der Waals surface area contributed by atoms with Gasteiger partial charge in [0.25, 0.3) is 0 Å². The van der Waals surface area contributed by atoms with Gasteiger partial charge in [0.05, 0.1) is 18.7 Å². The maximum Gasteiger partial charge on any atom is 0.237 e. The number of rotatable bonds is 5. The van der Waals surface area contributed by atoms with Gasteiger partial charge < -0.3 is 10.1 Å². The summed E-state index contributed by atoms with van der Waals surface area (Å²) in [7, 11) is 0. The third-order valence-electron chi connectivity index (χ3n) is 3.28. The number of carbonyl (C=O) groups is 1. The molecule has 0 saturated carbocycles. The molecule has 1 amide bonds. The normalized spacial score (nSPS) is 24.0. The van der Waals surface area contributed by atoms with Crippen molar-refractivity contribution >= 4 is 5.91 Å². The van der Waals surface area contributed by atoms with E-state index in [4.69, 9.17) is 10.00 Å². The van der Waals surface area contributed by atoms with Gasteiger partial charge in [-0.3, -0.25) is 9.69 Å². The van der Waals surface area contributed by atoms with Crippen LogP contribution in [0.3, 0.4) is 0 Å². The summed E-state index contributed by atoms with van der Waals surface area (Å²) in [6.07, 6.45) is 1.63. The Morgan fingerprint density at radius 1 is 1.61 bits per heavy atom. The molecule has 18 heavy (non-hydrogen) atoms. The van der Waals surface area contributed by atoms with Crippen LogP contribution in [0.5, 0.6) is 0 Å². The molecule has 0 bridgehead atoms. The average Bonchev–Trinajstić information content (AvgIpc) is 2.38. The number of ether oxygens (including phenoxy) is 1. The third-order valence-corrected chi connectivity index (χ3v) is 3.28. The quantitative estimate of drug-likeness (QED) is 0.790. The molecule has 1 heterocycles. The van der Waals surface area contributed by atoms with Crippen LogP contribution in [0.25, 0.3) is 0 Å². The number of nitriles is 1. The molecule has 0 spiro atoms. The van der Waals surface area contributed by atoms with Gasteiger partial charge in [-0.1, -0.05) is 13.3 Å². The van der Waals surface area contributed by atoms with E-state index >= 15 is 0 Å². The van der Waals surface area contributed by atoms with Crippen LogP contribution in [-0.4, -0.2) is 48.7 Å². The summed E-state index contributed by atoms with van der Waals surface area (Å²) in [5.41, 5.74) is 0. The summed E-state index contributed by atoms with van der Waals surface area (Å²) in [5.74, 6) is 0.0366. The minimum atomic E-state index is -0.415. The topological polar surface area (TPSA) is 65.4 Å². The number of hydrogen-bond acceptors (Lipinski definition) is 4. The van der Waals surface area contributed by atoms with E-state index in [0.29, 0.717) is 19.7 Å². The number of nitrogens with one attached hydrogen (secondary N) is 1. The molecule has 1 aliphatic heterocycles. The molecule has 102 valence electrons. The lowest BCUT2D eigenvalue weighted by Crippen LogP contribution is -2.53.